The Kier molecular flexibility index (Phi) is 5.67. The smallest absolute Gasteiger partial charge is 0.303 e. The van der Waals surface area contributed by atoms with E-state index < -0.39 is 5.97 Å². The zero-order valence-corrected chi connectivity index (χ0v) is 17.3. The number of carboxylic acids is 1. The first-order chi connectivity index (χ1) is 14.1. The summed E-state index contributed by atoms with van der Waals surface area (Å²) in [5, 5.41) is 9.75. The van der Waals surface area contributed by atoms with Crippen LogP contribution >= 0.6 is 11.3 Å². The van der Waals surface area contributed by atoms with Gasteiger partial charge in [-0.15, -0.1) is 11.3 Å². The van der Waals surface area contributed by atoms with Crippen molar-refractivity contribution in [1.29, 1.82) is 0 Å². The first-order valence-electron chi connectivity index (χ1n) is 9.95. The molecule has 0 unspecified atom stereocenters. The van der Waals surface area contributed by atoms with Crippen molar-refractivity contribution in [1.82, 2.24) is 9.55 Å². The summed E-state index contributed by atoms with van der Waals surface area (Å²) in [4.78, 5) is 31.4. The number of aliphatic carboxylic acids is 1. The number of benzene rings is 1. The van der Waals surface area contributed by atoms with Gasteiger partial charge in [0.1, 0.15) is 16.4 Å². The fraction of sp³-hybridized carbons (Fsp3) is 0.409. The predicted octanol–water partition coefficient (Wildman–Crippen LogP) is 3.80. The summed E-state index contributed by atoms with van der Waals surface area (Å²) in [5.74, 6) is 0.621. The predicted molar refractivity (Wildman–Crippen MR) is 113 cm³/mol. The van der Waals surface area contributed by atoms with E-state index in [0.29, 0.717) is 25.2 Å². The van der Waals surface area contributed by atoms with Crippen molar-refractivity contribution in [3.8, 4) is 5.75 Å². The topological polar surface area (TPSA) is 81.4 Å². The van der Waals surface area contributed by atoms with Crippen LogP contribution in [0.2, 0.25) is 0 Å². The minimum atomic E-state index is -0.850. The number of nitrogens with zero attached hydrogens (tertiary/aromatic N) is 2. The van der Waals surface area contributed by atoms with Gasteiger partial charge in [0.05, 0.1) is 12.5 Å². The third-order valence-corrected chi connectivity index (χ3v) is 6.63. The second kappa shape index (κ2) is 8.37. The Labute approximate surface area is 172 Å². The van der Waals surface area contributed by atoms with Crippen molar-refractivity contribution in [2.45, 2.75) is 51.5 Å². The van der Waals surface area contributed by atoms with Gasteiger partial charge in [-0.05, 0) is 55.4 Å². The average molecular weight is 413 g/mol. The van der Waals surface area contributed by atoms with E-state index in [2.05, 4.69) is 0 Å². The first-order valence-corrected chi connectivity index (χ1v) is 10.8. The first kappa shape index (κ1) is 19.6. The number of carboxylic acid groups (broad SMARTS) is 1. The zero-order chi connectivity index (χ0) is 20.4. The van der Waals surface area contributed by atoms with Crippen molar-refractivity contribution >= 4 is 27.5 Å². The molecule has 6 nitrogen and oxygen atoms in total. The minimum Gasteiger partial charge on any atom is -0.497 e. The van der Waals surface area contributed by atoms with Gasteiger partial charge < -0.3 is 9.84 Å². The van der Waals surface area contributed by atoms with E-state index in [1.807, 2.05) is 24.3 Å². The molecule has 29 heavy (non-hydrogen) atoms. The Morgan fingerprint density at radius 1 is 1.24 bits per heavy atom. The van der Waals surface area contributed by atoms with Gasteiger partial charge in [0.25, 0.3) is 5.56 Å². The van der Waals surface area contributed by atoms with E-state index in [9.17, 15) is 9.59 Å². The lowest BCUT2D eigenvalue weighted by Crippen LogP contribution is -2.26. The number of fused-ring (bicyclic) bond motifs is 3. The third-order valence-electron chi connectivity index (χ3n) is 5.45. The molecule has 2 aromatic heterocycles. The lowest BCUT2D eigenvalue weighted by atomic mass is 9.97. The van der Waals surface area contributed by atoms with Crippen molar-refractivity contribution in [3.05, 3.63) is 56.4 Å². The van der Waals surface area contributed by atoms with E-state index >= 15 is 0 Å². The van der Waals surface area contributed by atoms with Crippen molar-refractivity contribution in [2.75, 3.05) is 7.11 Å². The molecule has 0 fully saturated rings. The molecule has 0 atom stereocenters. The van der Waals surface area contributed by atoms with Crippen LogP contribution in [0.4, 0.5) is 0 Å². The number of hydrogen-bond donors (Lipinski definition) is 1. The van der Waals surface area contributed by atoms with Crippen LogP contribution in [-0.2, 0) is 30.6 Å². The molecule has 2 heterocycles. The molecule has 1 N–H and O–H groups in total. The summed E-state index contributed by atoms with van der Waals surface area (Å²) in [6.45, 7) is 0.365. The molecule has 0 bridgehead atoms. The van der Waals surface area contributed by atoms with E-state index in [1.165, 1.54) is 4.88 Å². The Morgan fingerprint density at radius 3 is 2.72 bits per heavy atom. The van der Waals surface area contributed by atoms with Gasteiger partial charge in [0, 0.05) is 24.3 Å². The standard InChI is InChI=1S/C22H24N2O4S/c1-28-15-10-8-14(9-11-15)13-18-23-21-20(16-5-2-3-6-17(16)29-21)22(27)24(18)12-4-7-19(25)26/h8-11H,2-7,12-13H2,1H3,(H,25,26). The molecule has 0 saturated carbocycles. The van der Waals surface area contributed by atoms with Crippen molar-refractivity contribution in [3.63, 3.8) is 0 Å². The number of rotatable bonds is 7. The maximum absolute atomic E-state index is 13.4. The Hall–Kier alpha value is -2.67. The fourth-order valence-corrected chi connectivity index (χ4v) is 5.23. The minimum absolute atomic E-state index is 0.0247. The van der Waals surface area contributed by atoms with Crippen LogP contribution in [0.3, 0.4) is 0 Å². The highest BCUT2D eigenvalue weighted by Gasteiger charge is 2.22. The number of hydrogen-bond acceptors (Lipinski definition) is 5. The van der Waals surface area contributed by atoms with Crippen LogP contribution in [0.25, 0.3) is 10.2 Å². The number of aromatic nitrogens is 2. The van der Waals surface area contributed by atoms with Crippen LogP contribution in [0.1, 0.15) is 47.5 Å². The molecule has 0 saturated heterocycles. The maximum atomic E-state index is 13.4. The lowest BCUT2D eigenvalue weighted by molar-refractivity contribution is -0.137. The zero-order valence-electron chi connectivity index (χ0n) is 16.4. The second-order valence-electron chi connectivity index (χ2n) is 7.40. The molecule has 152 valence electrons. The van der Waals surface area contributed by atoms with Crippen LogP contribution in [0, 0.1) is 0 Å². The molecule has 0 radical (unpaired) electrons. The SMILES string of the molecule is COc1ccc(Cc2nc3sc4c(c3c(=O)n2CCCC(=O)O)CCCC4)cc1. The van der Waals surface area contributed by atoms with Gasteiger partial charge in [-0.3, -0.25) is 14.2 Å². The van der Waals surface area contributed by atoms with E-state index in [0.717, 1.165) is 52.8 Å². The molecule has 0 aliphatic heterocycles. The number of ether oxygens (including phenoxy) is 1. The normalized spacial score (nSPS) is 13.4. The van der Waals surface area contributed by atoms with Crippen LogP contribution in [0.15, 0.2) is 29.1 Å². The van der Waals surface area contributed by atoms with Crippen molar-refractivity contribution < 1.29 is 14.6 Å². The number of aryl methyl sites for hydroxylation is 2. The fourth-order valence-electron chi connectivity index (χ4n) is 3.96. The van der Waals surface area contributed by atoms with Gasteiger partial charge in [-0.2, -0.15) is 0 Å². The molecular weight excluding hydrogens is 388 g/mol. The number of carbonyl (C=O) groups is 1. The molecule has 3 aromatic rings. The highest BCUT2D eigenvalue weighted by Crippen LogP contribution is 2.34. The molecular formula is C22H24N2O4S. The second-order valence-corrected chi connectivity index (χ2v) is 8.48. The lowest BCUT2D eigenvalue weighted by Gasteiger charge is -2.14. The summed E-state index contributed by atoms with van der Waals surface area (Å²) in [5.41, 5.74) is 2.17. The summed E-state index contributed by atoms with van der Waals surface area (Å²) < 4.78 is 6.91. The number of methoxy groups -OCH3 is 1. The van der Waals surface area contributed by atoms with E-state index in [4.69, 9.17) is 14.8 Å². The van der Waals surface area contributed by atoms with Crippen molar-refractivity contribution in [2.24, 2.45) is 0 Å². The molecule has 1 aromatic carbocycles. The third kappa shape index (κ3) is 4.05. The van der Waals surface area contributed by atoms with Gasteiger partial charge in [-0.1, -0.05) is 12.1 Å². The Bertz CT molecular complexity index is 1100. The summed E-state index contributed by atoms with van der Waals surface area (Å²) in [6, 6.07) is 7.72. The molecule has 7 heteroatoms. The molecule has 0 amide bonds. The highest BCUT2D eigenvalue weighted by atomic mass is 32.1. The van der Waals surface area contributed by atoms with E-state index in [1.54, 1.807) is 23.0 Å². The quantitative estimate of drug-likeness (QED) is 0.638. The Morgan fingerprint density at radius 2 is 2.00 bits per heavy atom. The van der Waals surface area contributed by atoms with Crippen LogP contribution in [0.5, 0.6) is 5.75 Å². The van der Waals surface area contributed by atoms with Gasteiger partial charge >= 0.3 is 5.97 Å². The van der Waals surface area contributed by atoms with Gasteiger partial charge in [0.15, 0.2) is 0 Å². The number of thiophene rings is 1. The van der Waals surface area contributed by atoms with Gasteiger partial charge in [0.2, 0.25) is 0 Å². The summed E-state index contributed by atoms with van der Waals surface area (Å²) in [7, 11) is 1.63. The van der Waals surface area contributed by atoms with Gasteiger partial charge in [-0.25, -0.2) is 4.98 Å². The molecule has 0 spiro atoms. The Balaban J connectivity index is 1.77. The molecule has 1 aliphatic carbocycles. The monoisotopic (exact) mass is 412 g/mol. The highest BCUT2D eigenvalue weighted by molar-refractivity contribution is 7.18. The van der Waals surface area contributed by atoms with E-state index in [-0.39, 0.29) is 12.0 Å². The van der Waals surface area contributed by atoms with Crippen LogP contribution < -0.4 is 10.3 Å². The molecule has 1 aliphatic rings. The maximum Gasteiger partial charge on any atom is 0.303 e. The molecule has 4 rings (SSSR count). The summed E-state index contributed by atoms with van der Waals surface area (Å²) in [6.07, 6.45) is 5.17. The largest absolute Gasteiger partial charge is 0.497 e. The summed E-state index contributed by atoms with van der Waals surface area (Å²) >= 11 is 1.64. The van der Waals surface area contributed by atoms with Crippen LogP contribution in [-0.4, -0.2) is 27.7 Å². The average Bonchev–Trinajstić information content (AvgIpc) is 3.09.